The van der Waals surface area contributed by atoms with Crippen molar-refractivity contribution in [2.45, 2.75) is 0 Å². The van der Waals surface area contributed by atoms with Crippen LogP contribution in [0.2, 0.25) is 0 Å². The highest BCUT2D eigenvalue weighted by Crippen LogP contribution is 2.29. The van der Waals surface area contributed by atoms with Crippen molar-refractivity contribution < 1.29 is 14.0 Å². The SMILES string of the molecule is N#[N+]N1C(=O)C(=O)c2cc(F)ccc21. The van der Waals surface area contributed by atoms with Crippen molar-refractivity contribution in [2.75, 3.05) is 5.01 Å². The Morgan fingerprint density at radius 1 is 1.36 bits per heavy atom. The second-order valence-electron chi connectivity index (χ2n) is 2.70. The third-order valence-electron chi connectivity index (χ3n) is 1.91. The largest absolute Gasteiger partial charge is 0.375 e. The first kappa shape index (κ1) is 8.31. The third-order valence-corrected chi connectivity index (χ3v) is 1.91. The molecule has 1 aromatic rings. The van der Waals surface area contributed by atoms with Gasteiger partial charge in [-0.15, -0.1) is 0 Å². The zero-order valence-electron chi connectivity index (χ0n) is 6.77. The van der Waals surface area contributed by atoms with Crippen LogP contribution in [0.3, 0.4) is 0 Å². The zero-order valence-corrected chi connectivity index (χ0v) is 6.77. The van der Waals surface area contributed by atoms with Crippen LogP contribution in [-0.2, 0) is 4.79 Å². The Bertz CT molecular complexity index is 492. The van der Waals surface area contributed by atoms with E-state index in [1.807, 2.05) is 0 Å². The fourth-order valence-corrected chi connectivity index (χ4v) is 1.28. The summed E-state index contributed by atoms with van der Waals surface area (Å²) in [7, 11) is 0. The molecule has 1 heterocycles. The first-order valence-electron chi connectivity index (χ1n) is 3.68. The van der Waals surface area contributed by atoms with E-state index in [1.54, 1.807) is 0 Å². The second kappa shape index (κ2) is 2.60. The molecule has 14 heavy (non-hydrogen) atoms. The lowest BCUT2D eigenvalue weighted by Gasteiger charge is -1.92. The van der Waals surface area contributed by atoms with Gasteiger partial charge in [0.05, 0.1) is 10.6 Å². The molecule has 0 radical (unpaired) electrons. The second-order valence-corrected chi connectivity index (χ2v) is 2.70. The number of carbonyl (C=O) groups is 2. The van der Waals surface area contributed by atoms with Crippen LogP contribution in [0.25, 0.3) is 5.08 Å². The number of carbonyl (C=O) groups excluding carboxylic acids is 2. The van der Waals surface area contributed by atoms with Crippen LogP contribution in [0.15, 0.2) is 18.2 Å². The summed E-state index contributed by atoms with van der Waals surface area (Å²) in [6.45, 7) is 0. The highest BCUT2D eigenvalue weighted by Gasteiger charge is 2.44. The number of Topliss-reactive ketones (excluding diaryl/α,β-unsaturated/α-hetero) is 1. The molecule has 0 aliphatic carbocycles. The molecule has 5 nitrogen and oxygen atoms in total. The average molecular weight is 192 g/mol. The lowest BCUT2D eigenvalue weighted by atomic mass is 10.1. The van der Waals surface area contributed by atoms with Crippen LogP contribution >= 0.6 is 0 Å². The summed E-state index contributed by atoms with van der Waals surface area (Å²) < 4.78 is 12.7. The molecule has 0 fully saturated rings. The van der Waals surface area contributed by atoms with Crippen molar-refractivity contribution in [1.82, 2.24) is 0 Å². The number of rotatable bonds is 0. The van der Waals surface area contributed by atoms with Crippen molar-refractivity contribution in [2.24, 2.45) is 0 Å². The minimum Gasteiger partial charge on any atom is -0.283 e. The molecule has 1 aromatic carbocycles. The van der Waals surface area contributed by atoms with Crippen LogP contribution in [0, 0.1) is 11.2 Å². The van der Waals surface area contributed by atoms with Gasteiger partial charge in [-0.2, -0.15) is 0 Å². The van der Waals surface area contributed by atoms with Gasteiger partial charge in [-0.1, -0.05) is 0 Å². The molecular weight excluding hydrogens is 189 g/mol. The van der Waals surface area contributed by atoms with E-state index in [0.717, 1.165) is 12.1 Å². The van der Waals surface area contributed by atoms with Crippen LogP contribution in [0.5, 0.6) is 0 Å². The molecule has 0 spiro atoms. The molecule has 1 amide bonds. The van der Waals surface area contributed by atoms with Gasteiger partial charge >= 0.3 is 11.0 Å². The van der Waals surface area contributed by atoms with Crippen molar-refractivity contribution >= 4 is 17.4 Å². The van der Waals surface area contributed by atoms with E-state index in [9.17, 15) is 14.0 Å². The van der Waals surface area contributed by atoms with E-state index in [1.165, 1.54) is 6.07 Å². The molecule has 0 unspecified atom stereocenters. The maximum atomic E-state index is 12.7. The average Bonchev–Trinajstić information content (AvgIpc) is 2.41. The van der Waals surface area contributed by atoms with Crippen molar-refractivity contribution in [3.05, 3.63) is 34.7 Å². The molecule has 6 heteroatoms. The highest BCUT2D eigenvalue weighted by molar-refractivity contribution is 6.52. The van der Waals surface area contributed by atoms with Gasteiger partial charge in [-0.05, 0) is 18.2 Å². The molecule has 0 saturated carbocycles. The summed E-state index contributed by atoms with van der Waals surface area (Å²) in [5.74, 6) is -2.49. The van der Waals surface area contributed by atoms with Crippen molar-refractivity contribution in [1.29, 1.82) is 5.39 Å². The quantitative estimate of drug-likeness (QED) is 0.457. The molecule has 0 atom stereocenters. The molecule has 0 aromatic heterocycles. The number of nitrogens with zero attached hydrogens (tertiary/aromatic N) is 3. The van der Waals surface area contributed by atoms with Crippen LogP contribution in [-0.4, -0.2) is 11.7 Å². The first-order chi connectivity index (χ1) is 6.65. The van der Waals surface area contributed by atoms with Gasteiger partial charge in [0.25, 0.3) is 11.2 Å². The fraction of sp³-hybridized carbons (Fsp3) is 0. The Balaban J connectivity index is 2.69. The van der Waals surface area contributed by atoms with Crippen LogP contribution in [0.1, 0.15) is 10.4 Å². The molecule has 1 aliphatic heterocycles. The van der Waals surface area contributed by atoms with Gasteiger partial charge in [0.15, 0.2) is 0 Å². The van der Waals surface area contributed by atoms with E-state index in [4.69, 9.17) is 5.39 Å². The molecule has 68 valence electrons. The monoisotopic (exact) mass is 192 g/mol. The number of anilines is 1. The number of fused-ring (bicyclic) bond motifs is 1. The number of hydrogen-bond acceptors (Lipinski definition) is 3. The summed E-state index contributed by atoms with van der Waals surface area (Å²) in [5, 5.41) is 11.6. The van der Waals surface area contributed by atoms with Gasteiger partial charge in [0, 0.05) is 0 Å². The summed E-state index contributed by atoms with van der Waals surface area (Å²) >= 11 is 0. The Morgan fingerprint density at radius 3 is 2.71 bits per heavy atom. The normalized spacial score (nSPS) is 14.1. The van der Waals surface area contributed by atoms with E-state index in [2.05, 4.69) is 5.08 Å². The number of hydrogen-bond donors (Lipinski definition) is 0. The van der Waals surface area contributed by atoms with E-state index in [-0.39, 0.29) is 11.3 Å². The Labute approximate surface area is 77.3 Å². The number of halogens is 1. The fourth-order valence-electron chi connectivity index (χ4n) is 1.28. The van der Waals surface area contributed by atoms with Gasteiger partial charge < -0.3 is 0 Å². The topological polar surface area (TPSA) is 65.5 Å². The summed E-state index contributed by atoms with van der Waals surface area (Å²) in [5.41, 5.74) is -0.00306. The third kappa shape index (κ3) is 0.894. The molecular formula is C8H3FN3O2+. The summed E-state index contributed by atoms with van der Waals surface area (Å²) in [6, 6.07) is 3.21. The lowest BCUT2D eigenvalue weighted by molar-refractivity contribution is -0.113. The summed E-state index contributed by atoms with van der Waals surface area (Å²) in [4.78, 5) is 22.3. The highest BCUT2D eigenvalue weighted by atomic mass is 19.1. The minimum atomic E-state index is -0.992. The number of diazo groups is 1. The molecule has 2 rings (SSSR count). The number of benzene rings is 1. The van der Waals surface area contributed by atoms with Crippen LogP contribution in [0.4, 0.5) is 10.1 Å². The first-order valence-corrected chi connectivity index (χ1v) is 3.68. The van der Waals surface area contributed by atoms with Gasteiger partial charge in [0.2, 0.25) is 0 Å². The van der Waals surface area contributed by atoms with E-state index in [0.29, 0.717) is 5.01 Å². The minimum absolute atomic E-state index is 0.0869. The van der Waals surface area contributed by atoms with Crippen molar-refractivity contribution in [3.63, 3.8) is 0 Å². The van der Waals surface area contributed by atoms with E-state index >= 15 is 0 Å². The zero-order chi connectivity index (χ0) is 10.3. The number of amides is 1. The van der Waals surface area contributed by atoms with E-state index < -0.39 is 17.5 Å². The Kier molecular flexibility index (Phi) is 1.54. The Morgan fingerprint density at radius 2 is 2.07 bits per heavy atom. The predicted octanol–water partition coefficient (Wildman–Crippen LogP) is 1.12. The predicted molar refractivity (Wildman–Crippen MR) is 43.3 cm³/mol. The molecule has 0 N–H and O–H groups in total. The maximum absolute atomic E-state index is 12.7. The van der Waals surface area contributed by atoms with Gasteiger partial charge in [0.1, 0.15) is 11.5 Å². The molecule has 0 bridgehead atoms. The Hall–Kier alpha value is -2.29. The standard InChI is InChI=1S/C8H3FN3O2/c9-4-1-2-6-5(3-4)7(13)8(14)12(6)11-10/h1-3H/q+1. The van der Waals surface area contributed by atoms with Crippen molar-refractivity contribution in [3.8, 4) is 0 Å². The van der Waals surface area contributed by atoms with Gasteiger partial charge in [-0.25, -0.2) is 4.39 Å². The number of ketones is 1. The van der Waals surface area contributed by atoms with Gasteiger partial charge in [-0.3, -0.25) is 9.59 Å². The van der Waals surface area contributed by atoms with Crippen LogP contribution < -0.4 is 5.01 Å². The maximum Gasteiger partial charge on any atom is 0.375 e. The smallest absolute Gasteiger partial charge is 0.283 e. The summed E-state index contributed by atoms with van der Waals surface area (Å²) in [6.07, 6.45) is 0. The molecule has 0 saturated heterocycles. The molecule has 1 aliphatic rings. The lowest BCUT2D eigenvalue weighted by Crippen LogP contribution is -2.22.